The Morgan fingerprint density at radius 2 is 1.95 bits per heavy atom. The maximum absolute atomic E-state index is 6.10. The number of hydrogen-bond acceptors (Lipinski definition) is 3. The van der Waals surface area contributed by atoms with Crippen LogP contribution in [-0.4, -0.2) is 41.3 Å². The van der Waals surface area contributed by atoms with E-state index in [1.165, 1.54) is 12.8 Å². The van der Waals surface area contributed by atoms with E-state index < -0.39 is 0 Å². The van der Waals surface area contributed by atoms with E-state index in [2.05, 4.69) is 35.3 Å². The highest BCUT2D eigenvalue weighted by molar-refractivity contribution is 5.85. The first-order valence-corrected chi connectivity index (χ1v) is 6.98. The lowest BCUT2D eigenvalue weighted by Gasteiger charge is -2.32. The van der Waals surface area contributed by atoms with Crippen molar-refractivity contribution in [2.45, 2.75) is 37.8 Å². The van der Waals surface area contributed by atoms with Gasteiger partial charge in [-0.15, -0.1) is 12.4 Å². The molecule has 1 heterocycles. The molecule has 0 aliphatic heterocycles. The molecule has 0 amide bonds. The number of aromatic amines is 1. The standard InChI is InChI=1S/C15H21N3O.ClH/c1-18(2)12-3-5-13(6-4-12)19-14-7-8-15-11(9-14)10-16-17-15;/h7-10,12-13H,3-6H2,1-2H3,(H,16,17);1H. The Labute approximate surface area is 125 Å². The van der Waals surface area contributed by atoms with Crippen LogP contribution in [0.1, 0.15) is 25.7 Å². The highest BCUT2D eigenvalue weighted by atomic mass is 35.5. The summed E-state index contributed by atoms with van der Waals surface area (Å²) in [5, 5.41) is 8.10. The van der Waals surface area contributed by atoms with Crippen LogP contribution >= 0.6 is 12.4 Å². The molecule has 2 aromatic rings. The van der Waals surface area contributed by atoms with E-state index in [9.17, 15) is 0 Å². The number of H-pyrrole nitrogens is 1. The van der Waals surface area contributed by atoms with Gasteiger partial charge in [-0.25, -0.2) is 0 Å². The van der Waals surface area contributed by atoms with Gasteiger partial charge in [-0.05, 0) is 58.0 Å². The molecule has 1 aromatic carbocycles. The molecule has 0 atom stereocenters. The number of aromatic nitrogens is 2. The number of benzene rings is 1. The minimum atomic E-state index is 0. The number of nitrogens with one attached hydrogen (secondary N) is 1. The van der Waals surface area contributed by atoms with E-state index in [1.54, 1.807) is 0 Å². The molecule has 1 aromatic heterocycles. The van der Waals surface area contributed by atoms with Gasteiger partial charge in [0.25, 0.3) is 0 Å². The maximum atomic E-state index is 6.10. The molecule has 1 aliphatic rings. The third-order valence-electron chi connectivity index (χ3n) is 4.09. The van der Waals surface area contributed by atoms with Gasteiger partial charge in [0, 0.05) is 11.4 Å². The topological polar surface area (TPSA) is 41.1 Å². The third-order valence-corrected chi connectivity index (χ3v) is 4.09. The van der Waals surface area contributed by atoms with Crippen LogP contribution in [-0.2, 0) is 0 Å². The summed E-state index contributed by atoms with van der Waals surface area (Å²) in [6.07, 6.45) is 6.95. The fraction of sp³-hybridized carbons (Fsp3) is 0.533. The minimum Gasteiger partial charge on any atom is -0.490 e. The number of hydrogen-bond donors (Lipinski definition) is 1. The van der Waals surface area contributed by atoms with Gasteiger partial charge in [-0.3, -0.25) is 5.10 Å². The highest BCUT2D eigenvalue weighted by Crippen LogP contribution is 2.27. The molecule has 0 radical (unpaired) electrons. The predicted octanol–water partition coefficient (Wildman–Crippen LogP) is 3.24. The van der Waals surface area contributed by atoms with Gasteiger partial charge < -0.3 is 9.64 Å². The van der Waals surface area contributed by atoms with Crippen LogP contribution in [0.3, 0.4) is 0 Å². The Hall–Kier alpha value is -1.26. The molecular formula is C15H22ClN3O. The van der Waals surface area contributed by atoms with Crippen LogP contribution < -0.4 is 4.74 Å². The van der Waals surface area contributed by atoms with Crippen molar-refractivity contribution in [1.29, 1.82) is 0 Å². The first-order valence-electron chi connectivity index (χ1n) is 6.98. The molecule has 0 spiro atoms. The Morgan fingerprint density at radius 3 is 2.65 bits per heavy atom. The molecular weight excluding hydrogens is 274 g/mol. The molecule has 20 heavy (non-hydrogen) atoms. The highest BCUT2D eigenvalue weighted by Gasteiger charge is 2.23. The molecule has 0 unspecified atom stereocenters. The second-order valence-electron chi connectivity index (χ2n) is 5.63. The number of fused-ring (bicyclic) bond motifs is 1. The van der Waals surface area contributed by atoms with Gasteiger partial charge >= 0.3 is 0 Å². The minimum absolute atomic E-state index is 0. The molecule has 1 fully saturated rings. The van der Waals surface area contributed by atoms with Gasteiger partial charge in [0.2, 0.25) is 0 Å². The largest absolute Gasteiger partial charge is 0.490 e. The van der Waals surface area contributed by atoms with Crippen molar-refractivity contribution >= 4 is 23.3 Å². The lowest BCUT2D eigenvalue weighted by atomic mass is 9.92. The maximum Gasteiger partial charge on any atom is 0.120 e. The normalized spacial score (nSPS) is 22.8. The average Bonchev–Trinajstić information content (AvgIpc) is 2.87. The fourth-order valence-electron chi connectivity index (χ4n) is 2.87. The molecule has 4 nitrogen and oxygen atoms in total. The summed E-state index contributed by atoms with van der Waals surface area (Å²) in [5.41, 5.74) is 1.06. The summed E-state index contributed by atoms with van der Waals surface area (Å²) in [6, 6.07) is 6.84. The van der Waals surface area contributed by atoms with E-state index in [0.717, 1.165) is 35.5 Å². The van der Waals surface area contributed by atoms with Crippen molar-refractivity contribution in [2.75, 3.05) is 14.1 Å². The predicted molar refractivity (Wildman–Crippen MR) is 83.7 cm³/mol. The quantitative estimate of drug-likeness (QED) is 0.945. The number of nitrogens with zero attached hydrogens (tertiary/aromatic N) is 2. The van der Waals surface area contributed by atoms with E-state index in [4.69, 9.17) is 4.74 Å². The summed E-state index contributed by atoms with van der Waals surface area (Å²) < 4.78 is 6.10. The van der Waals surface area contributed by atoms with Crippen LogP contribution in [0.15, 0.2) is 24.4 Å². The van der Waals surface area contributed by atoms with E-state index in [1.807, 2.05) is 18.3 Å². The van der Waals surface area contributed by atoms with Crippen LogP contribution in [0.2, 0.25) is 0 Å². The summed E-state index contributed by atoms with van der Waals surface area (Å²) in [7, 11) is 4.33. The van der Waals surface area contributed by atoms with Crippen molar-refractivity contribution in [3.8, 4) is 5.75 Å². The average molecular weight is 296 g/mol. The first kappa shape index (κ1) is 15.1. The van der Waals surface area contributed by atoms with Gasteiger partial charge in [0.1, 0.15) is 5.75 Å². The first-order chi connectivity index (χ1) is 9.22. The molecule has 1 saturated carbocycles. The summed E-state index contributed by atoms with van der Waals surface area (Å²) >= 11 is 0. The van der Waals surface area contributed by atoms with Gasteiger partial charge in [-0.2, -0.15) is 5.10 Å². The van der Waals surface area contributed by atoms with Crippen molar-refractivity contribution < 1.29 is 4.74 Å². The monoisotopic (exact) mass is 295 g/mol. The van der Waals surface area contributed by atoms with Crippen LogP contribution in [0, 0.1) is 0 Å². The second-order valence-corrected chi connectivity index (χ2v) is 5.63. The van der Waals surface area contributed by atoms with Crippen molar-refractivity contribution in [3.05, 3.63) is 24.4 Å². The summed E-state index contributed by atoms with van der Waals surface area (Å²) in [6.45, 7) is 0. The Kier molecular flexibility index (Phi) is 4.89. The molecule has 1 aliphatic carbocycles. The Morgan fingerprint density at radius 1 is 1.20 bits per heavy atom. The van der Waals surface area contributed by atoms with E-state index in [-0.39, 0.29) is 12.4 Å². The molecule has 5 heteroatoms. The van der Waals surface area contributed by atoms with Crippen LogP contribution in [0.25, 0.3) is 10.9 Å². The van der Waals surface area contributed by atoms with Crippen molar-refractivity contribution in [1.82, 2.24) is 15.1 Å². The molecule has 3 rings (SSSR count). The van der Waals surface area contributed by atoms with Crippen LogP contribution in [0.4, 0.5) is 0 Å². The van der Waals surface area contributed by atoms with E-state index >= 15 is 0 Å². The zero-order chi connectivity index (χ0) is 13.2. The molecule has 110 valence electrons. The lowest BCUT2D eigenvalue weighted by molar-refractivity contribution is 0.111. The van der Waals surface area contributed by atoms with Gasteiger partial charge in [0.15, 0.2) is 0 Å². The smallest absolute Gasteiger partial charge is 0.120 e. The van der Waals surface area contributed by atoms with E-state index in [0.29, 0.717) is 6.10 Å². The number of halogens is 1. The van der Waals surface area contributed by atoms with Crippen molar-refractivity contribution in [2.24, 2.45) is 0 Å². The van der Waals surface area contributed by atoms with Crippen LogP contribution in [0.5, 0.6) is 5.75 Å². The lowest BCUT2D eigenvalue weighted by Crippen LogP contribution is -2.35. The molecule has 1 N–H and O–H groups in total. The summed E-state index contributed by atoms with van der Waals surface area (Å²) in [5.74, 6) is 0.960. The Balaban J connectivity index is 0.00000147. The second kappa shape index (κ2) is 6.46. The third kappa shape index (κ3) is 3.25. The zero-order valence-electron chi connectivity index (χ0n) is 12.0. The Bertz CT molecular complexity index is 547. The van der Waals surface area contributed by atoms with Gasteiger partial charge in [0.05, 0.1) is 17.8 Å². The number of ether oxygens (including phenoxy) is 1. The SMILES string of the molecule is CN(C)C1CCC(Oc2ccc3[nH]ncc3c2)CC1.Cl. The van der Waals surface area contributed by atoms with Gasteiger partial charge in [-0.1, -0.05) is 0 Å². The fourth-order valence-corrected chi connectivity index (χ4v) is 2.87. The zero-order valence-corrected chi connectivity index (χ0v) is 12.8. The number of rotatable bonds is 3. The molecule has 0 bridgehead atoms. The molecule has 0 saturated heterocycles. The van der Waals surface area contributed by atoms with Crippen molar-refractivity contribution in [3.63, 3.8) is 0 Å². The summed E-state index contributed by atoms with van der Waals surface area (Å²) in [4.78, 5) is 2.33.